The van der Waals surface area contributed by atoms with Crippen molar-refractivity contribution in [1.82, 2.24) is 9.78 Å². The van der Waals surface area contributed by atoms with Crippen LogP contribution in [0.3, 0.4) is 0 Å². The van der Waals surface area contributed by atoms with Crippen molar-refractivity contribution >= 4 is 38.6 Å². The number of carbonyl (C=O) groups is 1. The summed E-state index contributed by atoms with van der Waals surface area (Å²) in [5.74, 6) is -0.484. The molecule has 3 rings (SSSR count). The van der Waals surface area contributed by atoms with Gasteiger partial charge < -0.3 is 5.32 Å². The number of thiophene rings is 1. The standard InChI is InChI=1S/C16H16N4O3S2/c1-2-20-11-13(19-25(22,23)14-9-6-10-24-14)15(18-20)16(21)17-12-7-4-3-5-8-12/h3-11,19H,2H2,1H3,(H,17,21). The molecule has 3 aromatic rings. The molecule has 2 N–H and O–H groups in total. The van der Waals surface area contributed by atoms with Gasteiger partial charge in [-0.3, -0.25) is 14.2 Å². The lowest BCUT2D eigenvalue weighted by molar-refractivity contribution is 0.102. The molecule has 2 heterocycles. The molecule has 0 fully saturated rings. The van der Waals surface area contributed by atoms with Gasteiger partial charge in [0.05, 0.1) is 5.69 Å². The fraction of sp³-hybridized carbons (Fsp3) is 0.125. The Morgan fingerprint density at radius 1 is 1.20 bits per heavy atom. The van der Waals surface area contributed by atoms with Crippen LogP contribution >= 0.6 is 11.3 Å². The van der Waals surface area contributed by atoms with E-state index in [4.69, 9.17) is 0 Å². The highest BCUT2D eigenvalue weighted by Crippen LogP contribution is 2.23. The Labute approximate surface area is 149 Å². The van der Waals surface area contributed by atoms with E-state index in [1.54, 1.807) is 35.7 Å². The summed E-state index contributed by atoms with van der Waals surface area (Å²) >= 11 is 1.10. The molecule has 130 valence electrons. The summed E-state index contributed by atoms with van der Waals surface area (Å²) in [6, 6.07) is 12.1. The number of amides is 1. The van der Waals surface area contributed by atoms with Crippen LogP contribution in [0.1, 0.15) is 17.4 Å². The number of benzene rings is 1. The monoisotopic (exact) mass is 376 g/mol. The van der Waals surface area contributed by atoms with E-state index in [2.05, 4.69) is 15.1 Å². The third-order valence-corrected chi connectivity index (χ3v) is 6.10. The van der Waals surface area contributed by atoms with Crippen LogP contribution in [0.25, 0.3) is 0 Å². The average Bonchev–Trinajstić information content (AvgIpc) is 3.25. The maximum atomic E-state index is 12.5. The van der Waals surface area contributed by atoms with Crippen LogP contribution in [0, 0.1) is 0 Å². The lowest BCUT2D eigenvalue weighted by Crippen LogP contribution is -2.17. The number of aromatic nitrogens is 2. The molecule has 0 bridgehead atoms. The Morgan fingerprint density at radius 3 is 2.60 bits per heavy atom. The second kappa shape index (κ2) is 7.08. The number of rotatable bonds is 6. The normalized spacial score (nSPS) is 11.2. The van der Waals surface area contributed by atoms with E-state index in [-0.39, 0.29) is 15.6 Å². The number of hydrogen-bond donors (Lipinski definition) is 2. The van der Waals surface area contributed by atoms with Crippen molar-refractivity contribution in [2.24, 2.45) is 0 Å². The molecule has 1 aromatic carbocycles. The molecule has 0 spiro atoms. The predicted octanol–water partition coefficient (Wildman–Crippen LogP) is 3.02. The highest BCUT2D eigenvalue weighted by atomic mass is 32.2. The van der Waals surface area contributed by atoms with E-state index in [1.807, 2.05) is 13.0 Å². The maximum Gasteiger partial charge on any atom is 0.278 e. The fourth-order valence-corrected chi connectivity index (χ4v) is 4.19. The van der Waals surface area contributed by atoms with Gasteiger partial charge in [0.1, 0.15) is 4.21 Å². The number of anilines is 2. The zero-order chi connectivity index (χ0) is 17.9. The number of aryl methyl sites for hydroxylation is 1. The molecule has 0 atom stereocenters. The lowest BCUT2D eigenvalue weighted by atomic mass is 10.3. The molecular formula is C16H16N4O3S2. The van der Waals surface area contributed by atoms with Crippen molar-refractivity contribution < 1.29 is 13.2 Å². The first kappa shape index (κ1) is 17.2. The van der Waals surface area contributed by atoms with Gasteiger partial charge in [-0.1, -0.05) is 24.3 Å². The molecule has 0 saturated carbocycles. The SMILES string of the molecule is CCn1cc(NS(=O)(=O)c2cccs2)c(C(=O)Nc2ccccc2)n1. The second-order valence-corrected chi connectivity index (χ2v) is 7.96. The first-order valence-electron chi connectivity index (χ1n) is 7.50. The van der Waals surface area contributed by atoms with Crippen LogP contribution in [0.4, 0.5) is 11.4 Å². The molecule has 0 aliphatic rings. The number of nitrogens with zero attached hydrogens (tertiary/aromatic N) is 2. The summed E-state index contributed by atoms with van der Waals surface area (Å²) in [5, 5.41) is 8.55. The molecule has 0 radical (unpaired) electrons. The smallest absolute Gasteiger partial charge is 0.278 e. The number of para-hydroxylation sites is 1. The van der Waals surface area contributed by atoms with Crippen LogP contribution < -0.4 is 10.0 Å². The lowest BCUT2D eigenvalue weighted by Gasteiger charge is -2.07. The molecule has 2 aromatic heterocycles. The van der Waals surface area contributed by atoms with Crippen LogP contribution in [-0.2, 0) is 16.6 Å². The Kier molecular flexibility index (Phi) is 4.86. The Balaban J connectivity index is 1.90. The molecule has 9 heteroatoms. The van der Waals surface area contributed by atoms with Gasteiger partial charge in [-0.2, -0.15) is 5.10 Å². The number of nitrogens with one attached hydrogen (secondary N) is 2. The summed E-state index contributed by atoms with van der Waals surface area (Å²) in [4.78, 5) is 12.5. The van der Waals surface area contributed by atoms with E-state index in [9.17, 15) is 13.2 Å². The average molecular weight is 376 g/mol. The number of hydrogen-bond acceptors (Lipinski definition) is 5. The third-order valence-electron chi connectivity index (χ3n) is 3.34. The summed E-state index contributed by atoms with van der Waals surface area (Å²) in [5.41, 5.74) is 0.764. The zero-order valence-corrected chi connectivity index (χ0v) is 15.0. The zero-order valence-electron chi connectivity index (χ0n) is 13.3. The summed E-state index contributed by atoms with van der Waals surface area (Å²) in [6.45, 7) is 2.36. The Morgan fingerprint density at radius 2 is 1.96 bits per heavy atom. The van der Waals surface area contributed by atoms with Crippen molar-refractivity contribution in [1.29, 1.82) is 0 Å². The van der Waals surface area contributed by atoms with Gasteiger partial charge in [-0.05, 0) is 30.5 Å². The quantitative estimate of drug-likeness (QED) is 0.691. The van der Waals surface area contributed by atoms with Crippen LogP contribution in [0.15, 0.2) is 58.3 Å². The Hall–Kier alpha value is -2.65. The number of carbonyl (C=O) groups excluding carboxylic acids is 1. The molecule has 0 aliphatic heterocycles. The minimum absolute atomic E-state index is 0.0193. The van der Waals surface area contributed by atoms with E-state index in [0.29, 0.717) is 12.2 Å². The molecule has 0 saturated heterocycles. The van der Waals surface area contributed by atoms with Crippen molar-refractivity contribution in [3.05, 3.63) is 59.7 Å². The highest BCUT2D eigenvalue weighted by molar-refractivity contribution is 7.94. The molecule has 0 aliphatic carbocycles. The van der Waals surface area contributed by atoms with Crippen molar-refractivity contribution in [2.45, 2.75) is 17.7 Å². The highest BCUT2D eigenvalue weighted by Gasteiger charge is 2.23. The fourth-order valence-electron chi connectivity index (χ4n) is 2.15. The van der Waals surface area contributed by atoms with E-state index in [1.165, 1.54) is 16.9 Å². The van der Waals surface area contributed by atoms with Crippen molar-refractivity contribution in [2.75, 3.05) is 10.0 Å². The van der Waals surface area contributed by atoms with Crippen LogP contribution in [-0.4, -0.2) is 24.1 Å². The van der Waals surface area contributed by atoms with Gasteiger partial charge in [0, 0.05) is 18.4 Å². The summed E-state index contributed by atoms with van der Waals surface area (Å²) < 4.78 is 29.0. The summed E-state index contributed by atoms with van der Waals surface area (Å²) in [7, 11) is -3.76. The molecule has 25 heavy (non-hydrogen) atoms. The minimum Gasteiger partial charge on any atom is -0.321 e. The van der Waals surface area contributed by atoms with Crippen LogP contribution in [0.2, 0.25) is 0 Å². The second-order valence-electron chi connectivity index (χ2n) is 5.10. The van der Waals surface area contributed by atoms with Gasteiger partial charge in [0.25, 0.3) is 15.9 Å². The molecule has 7 nitrogen and oxygen atoms in total. The van der Waals surface area contributed by atoms with Crippen LogP contribution in [0.5, 0.6) is 0 Å². The topological polar surface area (TPSA) is 93.1 Å². The van der Waals surface area contributed by atoms with Gasteiger partial charge in [0.2, 0.25) is 0 Å². The Bertz CT molecular complexity index is 964. The number of sulfonamides is 1. The largest absolute Gasteiger partial charge is 0.321 e. The first-order chi connectivity index (χ1) is 12.0. The molecule has 1 amide bonds. The molecular weight excluding hydrogens is 360 g/mol. The van der Waals surface area contributed by atoms with Gasteiger partial charge in [-0.15, -0.1) is 11.3 Å². The van der Waals surface area contributed by atoms with Crippen molar-refractivity contribution in [3.8, 4) is 0 Å². The van der Waals surface area contributed by atoms with Gasteiger partial charge in [-0.25, -0.2) is 8.42 Å². The van der Waals surface area contributed by atoms with E-state index < -0.39 is 15.9 Å². The minimum atomic E-state index is -3.76. The first-order valence-corrected chi connectivity index (χ1v) is 9.86. The van der Waals surface area contributed by atoms with Crippen molar-refractivity contribution in [3.63, 3.8) is 0 Å². The van der Waals surface area contributed by atoms with Gasteiger partial charge in [0.15, 0.2) is 5.69 Å². The van der Waals surface area contributed by atoms with Gasteiger partial charge >= 0.3 is 0 Å². The maximum absolute atomic E-state index is 12.5. The third kappa shape index (κ3) is 3.89. The molecule has 0 unspecified atom stereocenters. The summed E-state index contributed by atoms with van der Waals surface area (Å²) in [6.07, 6.45) is 1.51. The van der Waals surface area contributed by atoms with E-state index >= 15 is 0 Å². The van der Waals surface area contributed by atoms with E-state index in [0.717, 1.165) is 11.3 Å². The predicted molar refractivity (Wildman–Crippen MR) is 97.4 cm³/mol.